The van der Waals surface area contributed by atoms with E-state index in [2.05, 4.69) is 5.32 Å². The lowest BCUT2D eigenvalue weighted by atomic mass is 10.2. The molecule has 0 aliphatic rings. The molecule has 5 nitrogen and oxygen atoms in total. The molecule has 0 saturated carbocycles. The van der Waals surface area contributed by atoms with E-state index in [1.165, 1.54) is 33.3 Å². The fraction of sp³-hybridized carbons (Fsp3) is 1.00. The third kappa shape index (κ3) is 15.0. The van der Waals surface area contributed by atoms with E-state index < -0.39 is 0 Å². The maximum absolute atomic E-state index is 5.61. The number of ether oxygens (including phenoxy) is 4. The minimum Gasteiger partial charge on any atom is -0.353 e. The highest BCUT2D eigenvalue weighted by atomic mass is 28.1. The van der Waals surface area contributed by atoms with Crippen LogP contribution >= 0.6 is 0 Å². The highest BCUT2D eigenvalue weighted by Gasteiger charge is 2.12. The lowest BCUT2D eigenvalue weighted by Gasteiger charge is -2.22. The first kappa shape index (κ1) is 25.2. The van der Waals surface area contributed by atoms with Crippen molar-refractivity contribution >= 4 is 20.5 Å². The summed E-state index contributed by atoms with van der Waals surface area (Å²) in [4.78, 5) is 0. The second kappa shape index (κ2) is 17.6. The Labute approximate surface area is 161 Å². The van der Waals surface area contributed by atoms with E-state index in [4.69, 9.17) is 18.9 Å². The fourth-order valence-corrected chi connectivity index (χ4v) is 5.63. The van der Waals surface area contributed by atoms with Gasteiger partial charge in [-0.1, -0.05) is 0 Å². The van der Waals surface area contributed by atoms with Crippen molar-refractivity contribution in [3.8, 4) is 0 Å². The van der Waals surface area contributed by atoms with Crippen LogP contribution in [0.5, 0.6) is 0 Å². The Bertz CT molecular complexity index is 250. The van der Waals surface area contributed by atoms with Gasteiger partial charge in [0.15, 0.2) is 12.6 Å². The average Bonchev–Trinajstić information content (AvgIpc) is 2.55. The van der Waals surface area contributed by atoms with Gasteiger partial charge < -0.3 is 24.3 Å². The molecule has 2 unspecified atom stereocenters. The summed E-state index contributed by atoms with van der Waals surface area (Å²) in [7, 11) is 2.38. The van der Waals surface area contributed by atoms with Crippen molar-refractivity contribution < 1.29 is 18.9 Å². The molecule has 0 aliphatic carbocycles. The van der Waals surface area contributed by atoms with E-state index >= 15 is 0 Å². The Morgan fingerprint density at radius 1 is 0.600 bits per heavy atom. The van der Waals surface area contributed by atoms with Gasteiger partial charge in [0.2, 0.25) is 0 Å². The minimum absolute atomic E-state index is 0.0234. The molecule has 7 heteroatoms. The topological polar surface area (TPSA) is 49.0 Å². The van der Waals surface area contributed by atoms with E-state index in [1.807, 2.05) is 27.7 Å². The largest absolute Gasteiger partial charge is 0.353 e. The van der Waals surface area contributed by atoms with Gasteiger partial charge in [0.1, 0.15) is 0 Å². The lowest BCUT2D eigenvalue weighted by Crippen LogP contribution is -2.39. The van der Waals surface area contributed by atoms with Crippen LogP contribution in [-0.2, 0) is 18.9 Å². The molecule has 0 radical (unpaired) electrons. The number of nitrogens with one attached hydrogen (secondary N) is 1. The molecule has 2 atom stereocenters. The zero-order valence-electron chi connectivity index (χ0n) is 17.5. The summed E-state index contributed by atoms with van der Waals surface area (Å²) in [5.41, 5.74) is 1.36. The Morgan fingerprint density at radius 2 is 0.920 bits per heavy atom. The SMILES string of the molecule is CCOC(CCCC([SiH3])NC([SiH3])CCCC(OCC)OCC)OCC. The third-order valence-corrected chi connectivity index (χ3v) is 5.95. The summed E-state index contributed by atoms with van der Waals surface area (Å²) < 4.78 is 22.4. The van der Waals surface area contributed by atoms with Crippen LogP contribution in [0.25, 0.3) is 0 Å². The molecule has 0 rings (SSSR count). The Balaban J connectivity index is 3.84. The third-order valence-electron chi connectivity index (χ3n) is 4.13. The smallest absolute Gasteiger partial charge is 0.157 e. The van der Waals surface area contributed by atoms with Gasteiger partial charge >= 0.3 is 0 Å². The Hall–Kier alpha value is 0.234. The van der Waals surface area contributed by atoms with Gasteiger partial charge in [-0.3, -0.25) is 0 Å². The lowest BCUT2D eigenvalue weighted by molar-refractivity contribution is -0.140. The normalized spacial score (nSPS) is 14.6. The maximum Gasteiger partial charge on any atom is 0.157 e. The van der Waals surface area contributed by atoms with Crippen LogP contribution in [-0.4, -0.2) is 70.8 Å². The van der Waals surface area contributed by atoms with Crippen LogP contribution in [0.4, 0.5) is 0 Å². The average molecular weight is 394 g/mol. The van der Waals surface area contributed by atoms with Crippen LogP contribution in [0.1, 0.15) is 66.2 Å². The molecule has 0 amide bonds. The van der Waals surface area contributed by atoms with Crippen LogP contribution in [0.3, 0.4) is 0 Å². The maximum atomic E-state index is 5.61. The van der Waals surface area contributed by atoms with Gasteiger partial charge in [-0.25, -0.2) is 0 Å². The second-order valence-electron chi connectivity index (χ2n) is 6.51. The zero-order valence-corrected chi connectivity index (χ0v) is 21.5. The van der Waals surface area contributed by atoms with E-state index in [1.54, 1.807) is 0 Å². The number of hydrogen-bond acceptors (Lipinski definition) is 5. The summed E-state index contributed by atoms with van der Waals surface area (Å²) in [6.45, 7) is 11.0. The van der Waals surface area contributed by atoms with Crippen LogP contribution in [0.2, 0.25) is 0 Å². The number of hydrogen-bond donors (Lipinski definition) is 1. The van der Waals surface area contributed by atoms with Gasteiger partial charge in [-0.05, 0) is 77.6 Å². The molecular formula is C18H43NO4Si2. The highest BCUT2D eigenvalue weighted by molar-refractivity contribution is 6.14. The zero-order chi connectivity index (χ0) is 18.9. The number of rotatable bonds is 18. The van der Waals surface area contributed by atoms with Crippen molar-refractivity contribution in [2.24, 2.45) is 0 Å². The van der Waals surface area contributed by atoms with Crippen molar-refractivity contribution in [3.05, 3.63) is 0 Å². The predicted molar refractivity (Wildman–Crippen MR) is 112 cm³/mol. The van der Waals surface area contributed by atoms with Crippen LogP contribution in [0, 0.1) is 0 Å². The molecule has 0 spiro atoms. The van der Waals surface area contributed by atoms with Gasteiger partial charge in [-0.2, -0.15) is 0 Å². The van der Waals surface area contributed by atoms with Crippen molar-refractivity contribution in [2.75, 3.05) is 26.4 Å². The molecular weight excluding hydrogens is 350 g/mol. The molecule has 0 aromatic rings. The predicted octanol–water partition coefficient (Wildman–Crippen LogP) is 1.10. The molecule has 152 valence electrons. The standard InChI is InChI=1S/C18H43NO4Si2/c1-5-20-17(21-6-2)13-9-11-15(24)19-16(25)12-10-14-18(22-7-3)23-8-4/h15-19H,5-14H2,1-4,24-25H3. The first-order chi connectivity index (χ1) is 12.1. The second-order valence-corrected chi connectivity index (χ2v) is 9.30. The Kier molecular flexibility index (Phi) is 17.8. The monoisotopic (exact) mass is 393 g/mol. The van der Waals surface area contributed by atoms with Gasteiger partial charge in [0.05, 0.1) is 0 Å². The summed E-state index contributed by atoms with van der Waals surface area (Å²) in [6.07, 6.45) is 6.73. The van der Waals surface area contributed by atoms with Crippen molar-refractivity contribution in [2.45, 2.75) is 90.1 Å². The molecule has 0 aromatic heterocycles. The van der Waals surface area contributed by atoms with Gasteiger partial charge in [-0.15, -0.1) is 0 Å². The molecule has 0 saturated heterocycles. The summed E-state index contributed by atoms with van der Waals surface area (Å²) >= 11 is 0. The van der Waals surface area contributed by atoms with Crippen molar-refractivity contribution in [1.29, 1.82) is 0 Å². The fourth-order valence-electron chi connectivity index (χ4n) is 3.01. The quantitative estimate of drug-likeness (QED) is 0.279. The van der Waals surface area contributed by atoms with Crippen molar-refractivity contribution in [3.63, 3.8) is 0 Å². The summed E-state index contributed by atoms with van der Waals surface area (Å²) in [6, 6.07) is 0. The minimum atomic E-state index is -0.0234. The summed E-state index contributed by atoms with van der Waals surface area (Å²) in [5.74, 6) is 0. The van der Waals surface area contributed by atoms with E-state index in [0.717, 1.165) is 52.1 Å². The first-order valence-corrected chi connectivity index (χ1v) is 12.6. The molecule has 25 heavy (non-hydrogen) atoms. The van der Waals surface area contributed by atoms with Gasteiger partial charge in [0, 0.05) is 46.9 Å². The molecule has 0 aromatic carbocycles. The van der Waals surface area contributed by atoms with E-state index in [0.29, 0.717) is 11.3 Å². The van der Waals surface area contributed by atoms with Crippen LogP contribution in [0.15, 0.2) is 0 Å². The molecule has 0 bridgehead atoms. The summed E-state index contributed by atoms with van der Waals surface area (Å²) in [5, 5.41) is 3.82. The first-order valence-electron chi connectivity index (χ1n) is 10.3. The van der Waals surface area contributed by atoms with E-state index in [9.17, 15) is 0 Å². The Morgan fingerprint density at radius 3 is 1.20 bits per heavy atom. The van der Waals surface area contributed by atoms with E-state index in [-0.39, 0.29) is 12.6 Å². The van der Waals surface area contributed by atoms with Crippen LogP contribution < -0.4 is 5.32 Å². The molecule has 1 N–H and O–H groups in total. The highest BCUT2D eigenvalue weighted by Crippen LogP contribution is 2.10. The van der Waals surface area contributed by atoms with Crippen molar-refractivity contribution in [1.82, 2.24) is 5.32 Å². The molecule has 0 fully saturated rings. The molecule has 0 heterocycles. The van der Waals surface area contributed by atoms with Gasteiger partial charge in [0.25, 0.3) is 0 Å². The molecule has 0 aliphatic heterocycles.